The molecule has 0 aliphatic carbocycles. The van der Waals surface area contributed by atoms with Gasteiger partial charge in [-0.25, -0.2) is 4.79 Å². The second kappa shape index (κ2) is 6.41. The quantitative estimate of drug-likeness (QED) is 0.692. The van der Waals surface area contributed by atoms with E-state index in [2.05, 4.69) is 5.32 Å². The molecule has 0 unspecified atom stereocenters. The van der Waals surface area contributed by atoms with Gasteiger partial charge in [0.15, 0.2) is 0 Å². The number of esters is 1. The molecule has 0 atom stereocenters. The highest BCUT2D eigenvalue weighted by molar-refractivity contribution is 6.30. The van der Waals surface area contributed by atoms with Crippen molar-refractivity contribution in [2.45, 2.75) is 13.8 Å². The third kappa shape index (κ3) is 4.07. The Kier molecular flexibility index (Phi) is 4.60. The van der Waals surface area contributed by atoms with E-state index in [0.29, 0.717) is 22.0 Å². The fourth-order valence-corrected chi connectivity index (χ4v) is 1.95. The van der Waals surface area contributed by atoms with Crippen LogP contribution in [0, 0.1) is 6.92 Å². The summed E-state index contributed by atoms with van der Waals surface area (Å²) in [5.41, 5.74) is 1.80. The molecule has 0 aliphatic rings. The van der Waals surface area contributed by atoms with Crippen LogP contribution in [0.2, 0.25) is 5.02 Å². The fourth-order valence-electron chi connectivity index (χ4n) is 1.77. The molecular weight excluding hydrogens is 290 g/mol. The first-order valence-corrected chi connectivity index (χ1v) is 6.69. The largest absolute Gasteiger partial charge is 0.423 e. The molecule has 0 spiro atoms. The zero-order valence-electron chi connectivity index (χ0n) is 11.6. The molecule has 1 N–H and O–H groups in total. The summed E-state index contributed by atoms with van der Waals surface area (Å²) in [6, 6.07) is 11.6. The number of ether oxygens (including phenoxy) is 1. The van der Waals surface area contributed by atoms with Gasteiger partial charge in [-0.15, -0.1) is 0 Å². The van der Waals surface area contributed by atoms with Crippen LogP contribution in [0.1, 0.15) is 22.8 Å². The monoisotopic (exact) mass is 303 g/mol. The first kappa shape index (κ1) is 15.1. The summed E-state index contributed by atoms with van der Waals surface area (Å²) in [5.74, 6) is -0.337. The summed E-state index contributed by atoms with van der Waals surface area (Å²) in [6.07, 6.45) is 0. The van der Waals surface area contributed by atoms with Gasteiger partial charge >= 0.3 is 5.97 Å². The lowest BCUT2D eigenvalue weighted by Crippen LogP contribution is -2.11. The van der Waals surface area contributed by atoms with Crippen LogP contribution in [0.3, 0.4) is 0 Å². The van der Waals surface area contributed by atoms with E-state index in [1.54, 1.807) is 42.5 Å². The number of amides is 1. The number of rotatable bonds is 3. The summed E-state index contributed by atoms with van der Waals surface area (Å²) >= 11 is 5.84. The van der Waals surface area contributed by atoms with Crippen molar-refractivity contribution in [1.29, 1.82) is 0 Å². The SMILES string of the molecule is CC(=O)Nc1cc(C(=O)Oc2cccc(Cl)c2)ccc1C. The van der Waals surface area contributed by atoms with Crippen molar-refractivity contribution in [3.05, 3.63) is 58.6 Å². The van der Waals surface area contributed by atoms with Gasteiger partial charge in [-0.3, -0.25) is 4.79 Å². The van der Waals surface area contributed by atoms with Crippen molar-refractivity contribution >= 4 is 29.2 Å². The highest BCUT2D eigenvalue weighted by atomic mass is 35.5. The van der Waals surface area contributed by atoms with E-state index in [1.807, 2.05) is 6.92 Å². The van der Waals surface area contributed by atoms with E-state index in [4.69, 9.17) is 16.3 Å². The van der Waals surface area contributed by atoms with Crippen LogP contribution in [0.25, 0.3) is 0 Å². The van der Waals surface area contributed by atoms with Crippen LogP contribution in [0.15, 0.2) is 42.5 Å². The molecule has 1 amide bonds. The maximum atomic E-state index is 12.1. The number of benzene rings is 2. The smallest absolute Gasteiger partial charge is 0.343 e. The zero-order chi connectivity index (χ0) is 15.4. The van der Waals surface area contributed by atoms with Gasteiger partial charge in [0, 0.05) is 17.6 Å². The molecule has 0 fully saturated rings. The molecule has 0 radical (unpaired) electrons. The number of hydrogen-bond acceptors (Lipinski definition) is 3. The number of aryl methyl sites for hydroxylation is 1. The first-order chi connectivity index (χ1) is 9.95. The predicted molar refractivity (Wildman–Crippen MR) is 81.9 cm³/mol. The van der Waals surface area contributed by atoms with E-state index in [0.717, 1.165) is 5.56 Å². The Hall–Kier alpha value is -2.33. The minimum absolute atomic E-state index is 0.196. The summed E-state index contributed by atoms with van der Waals surface area (Å²) in [4.78, 5) is 23.2. The average molecular weight is 304 g/mol. The number of halogens is 1. The van der Waals surface area contributed by atoms with Gasteiger partial charge < -0.3 is 10.1 Å². The van der Waals surface area contributed by atoms with Gasteiger partial charge in [-0.1, -0.05) is 23.7 Å². The molecule has 2 rings (SSSR count). The van der Waals surface area contributed by atoms with Gasteiger partial charge in [0.2, 0.25) is 5.91 Å². The molecule has 21 heavy (non-hydrogen) atoms. The number of nitrogens with one attached hydrogen (secondary N) is 1. The lowest BCUT2D eigenvalue weighted by molar-refractivity contribution is -0.114. The maximum absolute atomic E-state index is 12.1. The standard InChI is InChI=1S/C16H14ClNO3/c1-10-6-7-12(8-15(10)18-11(2)19)16(20)21-14-5-3-4-13(17)9-14/h3-9H,1-2H3,(H,18,19). The molecule has 2 aromatic rings. The number of carbonyl (C=O) groups excluding carboxylic acids is 2. The molecule has 0 aliphatic heterocycles. The number of anilines is 1. The summed E-state index contributed by atoms with van der Waals surface area (Å²) in [7, 11) is 0. The Balaban J connectivity index is 2.21. The fraction of sp³-hybridized carbons (Fsp3) is 0.125. The lowest BCUT2D eigenvalue weighted by atomic mass is 10.1. The second-order valence-electron chi connectivity index (χ2n) is 4.56. The zero-order valence-corrected chi connectivity index (χ0v) is 12.4. The third-order valence-electron chi connectivity index (χ3n) is 2.79. The highest BCUT2D eigenvalue weighted by Gasteiger charge is 2.11. The molecular formula is C16H14ClNO3. The molecule has 0 bridgehead atoms. The average Bonchev–Trinajstić information content (AvgIpc) is 2.40. The Morgan fingerprint density at radius 3 is 2.57 bits per heavy atom. The normalized spacial score (nSPS) is 10.0. The summed E-state index contributed by atoms with van der Waals surface area (Å²) in [6.45, 7) is 3.26. The molecule has 0 saturated heterocycles. The molecule has 108 valence electrons. The predicted octanol–water partition coefficient (Wildman–Crippen LogP) is 3.83. The van der Waals surface area contributed by atoms with E-state index < -0.39 is 5.97 Å². The van der Waals surface area contributed by atoms with Crippen LogP contribution >= 0.6 is 11.6 Å². The molecule has 5 heteroatoms. The number of carbonyl (C=O) groups is 2. The Morgan fingerprint density at radius 1 is 1.14 bits per heavy atom. The van der Waals surface area contributed by atoms with Crippen LogP contribution in [-0.2, 0) is 4.79 Å². The summed E-state index contributed by atoms with van der Waals surface area (Å²) < 4.78 is 5.25. The molecule has 0 heterocycles. The van der Waals surface area contributed by atoms with Gasteiger partial charge in [0.05, 0.1) is 5.56 Å². The third-order valence-corrected chi connectivity index (χ3v) is 3.03. The molecule has 2 aromatic carbocycles. The van der Waals surface area contributed by atoms with E-state index in [1.165, 1.54) is 6.92 Å². The van der Waals surface area contributed by atoms with Crippen molar-refractivity contribution in [2.24, 2.45) is 0 Å². The van der Waals surface area contributed by atoms with Crippen LogP contribution < -0.4 is 10.1 Å². The minimum Gasteiger partial charge on any atom is -0.423 e. The van der Waals surface area contributed by atoms with Crippen molar-refractivity contribution in [1.82, 2.24) is 0 Å². The van der Waals surface area contributed by atoms with Gasteiger partial charge in [-0.2, -0.15) is 0 Å². The summed E-state index contributed by atoms with van der Waals surface area (Å²) in [5, 5.41) is 3.16. The topological polar surface area (TPSA) is 55.4 Å². The number of hydrogen-bond donors (Lipinski definition) is 1. The lowest BCUT2D eigenvalue weighted by Gasteiger charge is -2.09. The Labute approximate surface area is 127 Å². The molecule has 0 aromatic heterocycles. The van der Waals surface area contributed by atoms with Crippen molar-refractivity contribution in [2.75, 3.05) is 5.32 Å². The van der Waals surface area contributed by atoms with Crippen molar-refractivity contribution in [3.8, 4) is 5.75 Å². The second-order valence-corrected chi connectivity index (χ2v) is 4.99. The first-order valence-electron chi connectivity index (χ1n) is 6.31. The van der Waals surface area contributed by atoms with Gasteiger partial charge in [0.1, 0.15) is 5.75 Å². The van der Waals surface area contributed by atoms with Crippen molar-refractivity contribution < 1.29 is 14.3 Å². The molecule has 0 saturated carbocycles. The molecule has 4 nitrogen and oxygen atoms in total. The minimum atomic E-state index is -0.510. The van der Waals surface area contributed by atoms with Crippen LogP contribution in [-0.4, -0.2) is 11.9 Å². The van der Waals surface area contributed by atoms with E-state index in [-0.39, 0.29) is 5.91 Å². The Bertz CT molecular complexity index is 698. The van der Waals surface area contributed by atoms with Crippen LogP contribution in [0.5, 0.6) is 5.75 Å². The van der Waals surface area contributed by atoms with Gasteiger partial charge in [0.25, 0.3) is 0 Å². The van der Waals surface area contributed by atoms with Gasteiger partial charge in [-0.05, 0) is 42.8 Å². The highest BCUT2D eigenvalue weighted by Crippen LogP contribution is 2.21. The van der Waals surface area contributed by atoms with Crippen LogP contribution in [0.4, 0.5) is 5.69 Å². The van der Waals surface area contributed by atoms with E-state index >= 15 is 0 Å². The van der Waals surface area contributed by atoms with E-state index in [9.17, 15) is 9.59 Å². The Morgan fingerprint density at radius 2 is 1.90 bits per heavy atom. The maximum Gasteiger partial charge on any atom is 0.343 e. The van der Waals surface area contributed by atoms with Crippen molar-refractivity contribution in [3.63, 3.8) is 0 Å².